The maximum Gasteiger partial charge on any atom is 0.335 e. The lowest BCUT2D eigenvalue weighted by Gasteiger charge is -2.05. The van der Waals surface area contributed by atoms with Crippen LogP contribution in [-0.2, 0) is 0 Å². The standard InChI is InChI=1S/C13H9BrO3/c14-10-3-7-12(8-4-10)17-11-5-1-9(2-6-11)13(15)16/h1-8H,(H,15,16). The van der Waals surface area contributed by atoms with E-state index in [4.69, 9.17) is 9.84 Å². The largest absolute Gasteiger partial charge is 0.478 e. The molecule has 0 aliphatic heterocycles. The minimum atomic E-state index is -0.944. The van der Waals surface area contributed by atoms with Crippen molar-refractivity contribution in [2.75, 3.05) is 0 Å². The number of carboxylic acid groups (broad SMARTS) is 1. The third kappa shape index (κ3) is 3.07. The molecular formula is C13H9BrO3. The highest BCUT2D eigenvalue weighted by Crippen LogP contribution is 2.23. The fourth-order valence-electron chi connectivity index (χ4n) is 1.30. The highest BCUT2D eigenvalue weighted by atomic mass is 79.9. The summed E-state index contributed by atoms with van der Waals surface area (Å²) < 4.78 is 6.53. The summed E-state index contributed by atoms with van der Waals surface area (Å²) in [6.45, 7) is 0. The Morgan fingerprint density at radius 1 is 0.941 bits per heavy atom. The van der Waals surface area contributed by atoms with Crippen LogP contribution in [0.1, 0.15) is 10.4 Å². The molecule has 3 nitrogen and oxygen atoms in total. The van der Waals surface area contributed by atoms with E-state index in [1.807, 2.05) is 24.3 Å². The first kappa shape index (κ1) is 11.7. The van der Waals surface area contributed by atoms with E-state index in [-0.39, 0.29) is 5.56 Å². The molecule has 0 unspecified atom stereocenters. The lowest BCUT2D eigenvalue weighted by Crippen LogP contribution is -1.95. The molecule has 0 saturated carbocycles. The predicted molar refractivity (Wildman–Crippen MR) is 67.6 cm³/mol. The quantitative estimate of drug-likeness (QED) is 0.932. The van der Waals surface area contributed by atoms with Gasteiger partial charge < -0.3 is 9.84 Å². The summed E-state index contributed by atoms with van der Waals surface area (Å²) in [4.78, 5) is 10.7. The predicted octanol–water partition coefficient (Wildman–Crippen LogP) is 3.94. The van der Waals surface area contributed by atoms with Gasteiger partial charge in [-0.1, -0.05) is 15.9 Å². The zero-order valence-corrected chi connectivity index (χ0v) is 10.3. The van der Waals surface area contributed by atoms with Crippen LogP contribution in [0.25, 0.3) is 0 Å². The fraction of sp³-hybridized carbons (Fsp3) is 0. The van der Waals surface area contributed by atoms with Crippen molar-refractivity contribution < 1.29 is 14.6 Å². The van der Waals surface area contributed by atoms with Crippen LogP contribution in [0.4, 0.5) is 0 Å². The molecule has 0 heterocycles. The zero-order chi connectivity index (χ0) is 12.3. The Kier molecular flexibility index (Phi) is 3.44. The molecule has 4 heteroatoms. The molecule has 17 heavy (non-hydrogen) atoms. The number of hydrogen-bond acceptors (Lipinski definition) is 2. The lowest BCUT2D eigenvalue weighted by molar-refractivity contribution is 0.0697. The Labute approximate surface area is 107 Å². The molecule has 0 aliphatic carbocycles. The molecule has 2 rings (SSSR count). The van der Waals surface area contributed by atoms with Crippen molar-refractivity contribution in [1.82, 2.24) is 0 Å². The first-order chi connectivity index (χ1) is 8.15. The van der Waals surface area contributed by atoms with Crippen molar-refractivity contribution in [3.63, 3.8) is 0 Å². The molecule has 2 aromatic rings. The minimum absolute atomic E-state index is 0.244. The van der Waals surface area contributed by atoms with Gasteiger partial charge in [0.1, 0.15) is 11.5 Å². The maximum atomic E-state index is 10.7. The van der Waals surface area contributed by atoms with Gasteiger partial charge in [0.05, 0.1) is 5.56 Å². The van der Waals surface area contributed by atoms with Gasteiger partial charge in [-0.2, -0.15) is 0 Å². The first-order valence-corrected chi connectivity index (χ1v) is 5.71. The summed E-state index contributed by atoms with van der Waals surface area (Å²) in [5, 5.41) is 8.75. The van der Waals surface area contributed by atoms with E-state index in [1.165, 1.54) is 12.1 Å². The summed E-state index contributed by atoms with van der Waals surface area (Å²) in [5.74, 6) is 0.369. The number of carbonyl (C=O) groups is 1. The monoisotopic (exact) mass is 292 g/mol. The van der Waals surface area contributed by atoms with Crippen molar-refractivity contribution in [3.8, 4) is 11.5 Å². The third-order valence-electron chi connectivity index (χ3n) is 2.15. The van der Waals surface area contributed by atoms with E-state index in [0.29, 0.717) is 11.5 Å². The van der Waals surface area contributed by atoms with Crippen molar-refractivity contribution >= 4 is 21.9 Å². The van der Waals surface area contributed by atoms with Crippen LogP contribution in [0.2, 0.25) is 0 Å². The Balaban J connectivity index is 2.13. The van der Waals surface area contributed by atoms with Gasteiger partial charge in [0.25, 0.3) is 0 Å². The molecule has 0 saturated heterocycles. The second kappa shape index (κ2) is 5.01. The van der Waals surface area contributed by atoms with Crippen LogP contribution in [0.5, 0.6) is 11.5 Å². The number of rotatable bonds is 3. The number of carboxylic acids is 1. The summed E-state index contributed by atoms with van der Waals surface area (Å²) in [7, 11) is 0. The van der Waals surface area contributed by atoms with Gasteiger partial charge in [0.15, 0.2) is 0 Å². The molecule has 0 bridgehead atoms. The van der Waals surface area contributed by atoms with E-state index in [0.717, 1.165) is 4.47 Å². The van der Waals surface area contributed by atoms with E-state index >= 15 is 0 Å². The number of halogens is 1. The van der Waals surface area contributed by atoms with Crippen molar-refractivity contribution in [2.45, 2.75) is 0 Å². The van der Waals surface area contributed by atoms with Crippen molar-refractivity contribution in [3.05, 3.63) is 58.6 Å². The molecule has 0 fully saturated rings. The molecule has 86 valence electrons. The third-order valence-corrected chi connectivity index (χ3v) is 2.68. The van der Waals surface area contributed by atoms with Crippen molar-refractivity contribution in [2.24, 2.45) is 0 Å². The SMILES string of the molecule is O=C(O)c1ccc(Oc2ccc(Br)cc2)cc1. The van der Waals surface area contributed by atoms with Gasteiger partial charge in [-0.25, -0.2) is 4.79 Å². The van der Waals surface area contributed by atoms with Gasteiger partial charge in [0, 0.05) is 4.47 Å². The zero-order valence-electron chi connectivity index (χ0n) is 8.76. The molecule has 2 aromatic carbocycles. The maximum absolute atomic E-state index is 10.7. The van der Waals surface area contributed by atoms with Gasteiger partial charge in [0.2, 0.25) is 0 Å². The molecule has 0 atom stereocenters. The van der Waals surface area contributed by atoms with Gasteiger partial charge >= 0.3 is 5.97 Å². The number of ether oxygens (including phenoxy) is 1. The van der Waals surface area contributed by atoms with E-state index in [1.54, 1.807) is 12.1 Å². The Hall–Kier alpha value is -1.81. The summed E-state index contributed by atoms with van der Waals surface area (Å²) in [5.41, 5.74) is 0.244. The van der Waals surface area contributed by atoms with E-state index < -0.39 is 5.97 Å². The number of benzene rings is 2. The molecule has 0 aromatic heterocycles. The van der Waals surface area contributed by atoms with Crippen LogP contribution in [0.3, 0.4) is 0 Å². The summed E-state index contributed by atoms with van der Waals surface area (Å²) in [6.07, 6.45) is 0. The minimum Gasteiger partial charge on any atom is -0.478 e. The van der Waals surface area contributed by atoms with E-state index in [9.17, 15) is 4.79 Å². The highest BCUT2D eigenvalue weighted by molar-refractivity contribution is 9.10. The van der Waals surface area contributed by atoms with Crippen LogP contribution in [0.15, 0.2) is 53.0 Å². The van der Waals surface area contributed by atoms with Gasteiger partial charge in [-0.3, -0.25) is 0 Å². The topological polar surface area (TPSA) is 46.5 Å². The molecule has 0 radical (unpaired) electrons. The first-order valence-electron chi connectivity index (χ1n) is 4.92. The number of aromatic carboxylic acids is 1. The average molecular weight is 293 g/mol. The second-order valence-corrected chi connectivity index (χ2v) is 4.30. The lowest BCUT2D eigenvalue weighted by atomic mass is 10.2. The Morgan fingerprint density at radius 2 is 1.41 bits per heavy atom. The van der Waals surface area contributed by atoms with Gasteiger partial charge in [-0.05, 0) is 48.5 Å². The number of hydrogen-bond donors (Lipinski definition) is 1. The molecule has 0 aliphatic rings. The summed E-state index contributed by atoms with van der Waals surface area (Å²) in [6, 6.07) is 13.7. The smallest absolute Gasteiger partial charge is 0.335 e. The van der Waals surface area contributed by atoms with Gasteiger partial charge in [-0.15, -0.1) is 0 Å². The fourth-order valence-corrected chi connectivity index (χ4v) is 1.57. The average Bonchev–Trinajstić information content (AvgIpc) is 2.33. The Morgan fingerprint density at radius 3 is 1.88 bits per heavy atom. The van der Waals surface area contributed by atoms with Crippen LogP contribution >= 0.6 is 15.9 Å². The second-order valence-electron chi connectivity index (χ2n) is 3.39. The van der Waals surface area contributed by atoms with Crippen LogP contribution in [-0.4, -0.2) is 11.1 Å². The van der Waals surface area contributed by atoms with Crippen LogP contribution in [0, 0.1) is 0 Å². The highest BCUT2D eigenvalue weighted by Gasteiger charge is 2.02. The molecule has 0 spiro atoms. The normalized spacial score (nSPS) is 9.94. The summed E-state index contributed by atoms with van der Waals surface area (Å²) >= 11 is 3.34. The molecule has 0 amide bonds. The Bertz CT molecular complexity index is 517. The van der Waals surface area contributed by atoms with Crippen molar-refractivity contribution in [1.29, 1.82) is 0 Å². The van der Waals surface area contributed by atoms with Crippen LogP contribution < -0.4 is 4.74 Å². The molecular weight excluding hydrogens is 284 g/mol. The van der Waals surface area contributed by atoms with E-state index in [2.05, 4.69) is 15.9 Å². The molecule has 1 N–H and O–H groups in total.